The van der Waals surface area contributed by atoms with Crippen LogP contribution in [0.1, 0.15) is 6.42 Å². The van der Waals surface area contributed by atoms with Crippen LogP contribution in [0.15, 0.2) is 0 Å². The fourth-order valence-corrected chi connectivity index (χ4v) is 2.47. The Morgan fingerprint density at radius 1 is 1.42 bits per heavy atom. The predicted octanol–water partition coefficient (Wildman–Crippen LogP) is -4.00. The van der Waals surface area contributed by atoms with Gasteiger partial charge in [-0.05, 0) is 0 Å². The highest BCUT2D eigenvalue weighted by Crippen LogP contribution is 2.54. The monoisotopic (exact) mass is 303 g/mol. The Labute approximate surface area is 108 Å². The molecule has 114 valence electrons. The molecule has 0 aromatic rings. The molecule has 1 saturated heterocycles. The van der Waals surface area contributed by atoms with E-state index in [4.69, 9.17) is 25.4 Å². The van der Waals surface area contributed by atoms with Gasteiger partial charge in [0, 0.05) is 6.42 Å². The first-order chi connectivity index (χ1) is 8.53. The molecular formula is C8H18NO9P. The zero-order valence-corrected chi connectivity index (χ0v) is 10.7. The third-order valence-electron chi connectivity index (χ3n) is 3.00. The molecule has 9 N–H and O–H groups in total. The summed E-state index contributed by atoms with van der Waals surface area (Å²) in [6.45, 7) is -0.863. The predicted molar refractivity (Wildman–Crippen MR) is 59.6 cm³/mol. The van der Waals surface area contributed by atoms with Gasteiger partial charge in [-0.3, -0.25) is 4.57 Å². The van der Waals surface area contributed by atoms with Gasteiger partial charge in [-0.1, -0.05) is 0 Å². The third-order valence-corrected chi connectivity index (χ3v) is 4.19. The van der Waals surface area contributed by atoms with Crippen molar-refractivity contribution in [3.63, 3.8) is 0 Å². The smallest absolute Gasteiger partial charge is 0.384 e. The first-order valence-electron chi connectivity index (χ1n) is 5.40. The van der Waals surface area contributed by atoms with Crippen molar-refractivity contribution >= 4 is 7.60 Å². The van der Waals surface area contributed by atoms with Gasteiger partial charge < -0.3 is 45.8 Å². The van der Waals surface area contributed by atoms with Crippen molar-refractivity contribution in [2.75, 3.05) is 6.61 Å². The van der Waals surface area contributed by atoms with Crippen molar-refractivity contribution < 1.29 is 44.6 Å². The van der Waals surface area contributed by atoms with E-state index in [0.29, 0.717) is 0 Å². The van der Waals surface area contributed by atoms with Crippen LogP contribution in [-0.2, 0) is 9.30 Å². The summed E-state index contributed by atoms with van der Waals surface area (Å²) in [5.41, 5.74) is 2.48. The first kappa shape index (κ1) is 16.9. The molecule has 0 spiro atoms. The summed E-state index contributed by atoms with van der Waals surface area (Å²) in [7, 11) is -5.17. The van der Waals surface area contributed by atoms with Gasteiger partial charge in [-0.25, -0.2) is 0 Å². The summed E-state index contributed by atoms with van der Waals surface area (Å²) >= 11 is 0. The molecule has 1 heterocycles. The van der Waals surface area contributed by atoms with Crippen molar-refractivity contribution in [2.45, 2.75) is 42.4 Å². The van der Waals surface area contributed by atoms with Crippen molar-refractivity contribution in [2.24, 2.45) is 5.73 Å². The number of ether oxygens (including phenoxy) is 1. The Morgan fingerprint density at radius 2 is 1.95 bits per heavy atom. The van der Waals surface area contributed by atoms with Gasteiger partial charge in [0.1, 0.15) is 18.3 Å². The Balaban J connectivity index is 3.01. The second kappa shape index (κ2) is 5.70. The Bertz CT molecular complexity index is 362. The Kier molecular flexibility index (Phi) is 5.08. The van der Waals surface area contributed by atoms with Gasteiger partial charge >= 0.3 is 7.60 Å². The normalized spacial score (nSPS) is 39.9. The molecule has 0 bridgehead atoms. The zero-order valence-electron chi connectivity index (χ0n) is 9.77. The molecule has 19 heavy (non-hydrogen) atoms. The van der Waals surface area contributed by atoms with Crippen LogP contribution in [-0.4, -0.2) is 77.9 Å². The second-order valence-electron chi connectivity index (χ2n) is 4.46. The fraction of sp³-hybridized carbons (Fsp3) is 1.00. The third kappa shape index (κ3) is 3.31. The molecule has 0 aliphatic carbocycles. The molecule has 10 nitrogen and oxygen atoms in total. The van der Waals surface area contributed by atoms with Crippen molar-refractivity contribution in [3.8, 4) is 0 Å². The fourth-order valence-electron chi connectivity index (χ4n) is 1.78. The summed E-state index contributed by atoms with van der Waals surface area (Å²) in [4.78, 5) is 18.0. The number of nitrogens with two attached hydrogens (primary N) is 1. The highest BCUT2D eigenvalue weighted by atomic mass is 31.2. The van der Waals surface area contributed by atoms with Gasteiger partial charge in [0.25, 0.3) is 5.53 Å². The van der Waals surface area contributed by atoms with Crippen LogP contribution in [0.2, 0.25) is 0 Å². The van der Waals surface area contributed by atoms with Crippen LogP contribution >= 0.6 is 7.60 Å². The molecule has 0 aromatic carbocycles. The number of aliphatic hydroxyl groups is 5. The van der Waals surface area contributed by atoms with Gasteiger partial charge in [0.2, 0.25) is 0 Å². The van der Waals surface area contributed by atoms with Gasteiger partial charge in [-0.2, -0.15) is 0 Å². The topological polar surface area (TPSA) is 194 Å². The molecule has 1 aliphatic rings. The minimum Gasteiger partial charge on any atom is -0.394 e. The molecule has 1 aliphatic heterocycles. The maximum Gasteiger partial charge on any atom is 0.384 e. The molecule has 0 saturated carbocycles. The van der Waals surface area contributed by atoms with Crippen molar-refractivity contribution in [3.05, 3.63) is 0 Å². The van der Waals surface area contributed by atoms with E-state index in [0.717, 1.165) is 0 Å². The maximum atomic E-state index is 11.1. The quantitative estimate of drug-likeness (QED) is 0.237. The molecule has 0 aromatic heterocycles. The average Bonchev–Trinajstić information content (AvgIpc) is 2.30. The lowest BCUT2D eigenvalue weighted by molar-refractivity contribution is -0.263. The summed E-state index contributed by atoms with van der Waals surface area (Å²) in [6.07, 6.45) is -7.63. The van der Waals surface area contributed by atoms with Crippen LogP contribution in [0.5, 0.6) is 0 Å². The Morgan fingerprint density at radius 3 is 2.37 bits per heavy atom. The van der Waals surface area contributed by atoms with Gasteiger partial charge in [0.15, 0.2) is 0 Å². The summed E-state index contributed by atoms with van der Waals surface area (Å²) in [5.74, 6) is 0. The van der Waals surface area contributed by atoms with Crippen molar-refractivity contribution in [1.29, 1.82) is 0 Å². The van der Waals surface area contributed by atoms with E-state index in [2.05, 4.69) is 0 Å². The lowest BCUT2D eigenvalue weighted by Gasteiger charge is -2.44. The van der Waals surface area contributed by atoms with E-state index in [9.17, 15) is 25.0 Å². The summed E-state index contributed by atoms with van der Waals surface area (Å²) in [5, 5.41) is 46.9. The summed E-state index contributed by atoms with van der Waals surface area (Å²) in [6, 6.07) is -1.30. The van der Waals surface area contributed by atoms with Crippen LogP contribution in [0.4, 0.5) is 0 Å². The van der Waals surface area contributed by atoms with E-state index in [-0.39, 0.29) is 0 Å². The molecule has 1 fully saturated rings. The highest BCUT2D eigenvalue weighted by molar-refractivity contribution is 7.53. The molecular weight excluding hydrogens is 285 g/mol. The highest BCUT2D eigenvalue weighted by Gasteiger charge is 2.57. The SMILES string of the molecule is N[C@H]1[C@H]([C@H](O)[C@H](O)CO)O[C@@](O)(P(=O)(O)O)C[C@@H]1O. The van der Waals surface area contributed by atoms with E-state index >= 15 is 0 Å². The number of aliphatic hydroxyl groups excluding tert-OH is 4. The molecule has 6 atom stereocenters. The Hall–Kier alpha value is -0.130. The molecule has 1 rings (SSSR count). The average molecular weight is 303 g/mol. The van der Waals surface area contributed by atoms with E-state index in [1.54, 1.807) is 0 Å². The van der Waals surface area contributed by atoms with E-state index < -0.39 is 56.6 Å². The first-order valence-corrected chi connectivity index (χ1v) is 7.01. The number of rotatable bonds is 4. The van der Waals surface area contributed by atoms with Crippen LogP contribution in [0.25, 0.3) is 0 Å². The van der Waals surface area contributed by atoms with Crippen LogP contribution in [0.3, 0.4) is 0 Å². The van der Waals surface area contributed by atoms with Crippen LogP contribution < -0.4 is 5.73 Å². The van der Waals surface area contributed by atoms with Crippen LogP contribution in [0, 0.1) is 0 Å². The molecule has 0 radical (unpaired) electrons. The standard InChI is InChI=1S/C8H18NO9P/c9-5-3(11)1-8(14,19(15,16)17)18-7(5)6(13)4(12)2-10/h3-7,10-14H,1-2,9H2,(H2,15,16,17)/t3-,4+,5+,6+,7+,8+/m0/s1. The summed E-state index contributed by atoms with van der Waals surface area (Å²) < 4.78 is 15.8. The number of hydrogen-bond acceptors (Lipinski definition) is 8. The van der Waals surface area contributed by atoms with Crippen molar-refractivity contribution in [1.82, 2.24) is 0 Å². The second-order valence-corrected chi connectivity index (χ2v) is 6.25. The largest absolute Gasteiger partial charge is 0.394 e. The molecule has 11 heteroatoms. The van der Waals surface area contributed by atoms with Gasteiger partial charge in [-0.15, -0.1) is 0 Å². The van der Waals surface area contributed by atoms with Gasteiger partial charge in [0.05, 0.1) is 18.8 Å². The number of hydrogen-bond donors (Lipinski definition) is 8. The lowest BCUT2D eigenvalue weighted by atomic mass is 9.93. The van der Waals surface area contributed by atoms with E-state index in [1.165, 1.54) is 0 Å². The zero-order chi connectivity index (χ0) is 15.0. The lowest BCUT2D eigenvalue weighted by Crippen LogP contribution is -2.63. The minimum absolute atomic E-state index is 0.850. The maximum absolute atomic E-state index is 11.1. The minimum atomic E-state index is -5.17. The van der Waals surface area contributed by atoms with E-state index in [1.807, 2.05) is 0 Å². The molecule has 0 amide bonds. The molecule has 0 unspecified atom stereocenters.